The Bertz CT molecular complexity index is 540. The Labute approximate surface area is 114 Å². The van der Waals surface area contributed by atoms with E-state index in [1.54, 1.807) is 10.7 Å². The van der Waals surface area contributed by atoms with E-state index >= 15 is 0 Å². The molecule has 2 N–H and O–H groups in total. The van der Waals surface area contributed by atoms with Crippen molar-refractivity contribution in [1.29, 1.82) is 0 Å². The van der Waals surface area contributed by atoms with E-state index in [9.17, 15) is 0 Å². The number of hydrogen-bond donors (Lipinski definition) is 1. The Morgan fingerprint density at radius 3 is 2.68 bits per heavy atom. The van der Waals surface area contributed by atoms with Crippen molar-refractivity contribution in [2.75, 3.05) is 12.3 Å². The first-order valence-electron chi connectivity index (χ1n) is 6.47. The van der Waals surface area contributed by atoms with Crippen LogP contribution in [0.2, 0.25) is 0 Å². The third kappa shape index (κ3) is 3.74. The van der Waals surface area contributed by atoms with Crippen LogP contribution in [0.3, 0.4) is 0 Å². The molecule has 102 valence electrons. The lowest BCUT2D eigenvalue weighted by Crippen LogP contribution is -2.12. The number of benzene rings is 1. The first kappa shape index (κ1) is 13.5. The van der Waals surface area contributed by atoms with Crippen LogP contribution < -0.4 is 10.5 Å². The van der Waals surface area contributed by atoms with E-state index < -0.39 is 0 Å². The van der Waals surface area contributed by atoms with Gasteiger partial charge in [-0.3, -0.25) is 4.68 Å². The molecule has 0 radical (unpaired) electrons. The van der Waals surface area contributed by atoms with Crippen molar-refractivity contribution in [2.45, 2.75) is 32.7 Å². The average Bonchev–Trinajstić information content (AvgIpc) is 2.74. The quantitative estimate of drug-likeness (QED) is 0.918. The summed E-state index contributed by atoms with van der Waals surface area (Å²) in [5, 5.41) is 4.11. The minimum absolute atomic E-state index is 0.135. The highest BCUT2D eigenvalue weighted by molar-refractivity contribution is 5.32. The molecule has 2 aromatic rings. The van der Waals surface area contributed by atoms with Gasteiger partial charge in [0.15, 0.2) is 0 Å². The second kappa shape index (κ2) is 5.34. The second-order valence-corrected chi connectivity index (χ2v) is 5.63. The van der Waals surface area contributed by atoms with Crippen molar-refractivity contribution in [2.24, 2.45) is 0 Å². The highest BCUT2D eigenvalue weighted by Crippen LogP contribution is 2.25. The molecule has 0 unspecified atom stereocenters. The Hall–Kier alpha value is -1.97. The van der Waals surface area contributed by atoms with Gasteiger partial charge in [-0.15, -0.1) is 0 Å². The summed E-state index contributed by atoms with van der Waals surface area (Å²) in [4.78, 5) is 0. The van der Waals surface area contributed by atoms with Gasteiger partial charge in [-0.25, -0.2) is 0 Å². The van der Waals surface area contributed by atoms with Crippen LogP contribution in [-0.2, 0) is 12.0 Å². The van der Waals surface area contributed by atoms with Crippen LogP contribution in [0, 0.1) is 0 Å². The highest BCUT2D eigenvalue weighted by atomic mass is 16.5. The lowest BCUT2D eigenvalue weighted by molar-refractivity contribution is 0.291. The molecule has 0 saturated heterocycles. The molecule has 19 heavy (non-hydrogen) atoms. The molecule has 0 bridgehead atoms. The fourth-order valence-electron chi connectivity index (χ4n) is 1.81. The average molecular weight is 259 g/mol. The maximum atomic E-state index is 5.75. The molecule has 1 aromatic carbocycles. The number of nitrogen functional groups attached to an aromatic ring is 1. The van der Waals surface area contributed by atoms with Gasteiger partial charge >= 0.3 is 0 Å². The van der Waals surface area contributed by atoms with Gasteiger partial charge in [0.2, 0.25) is 0 Å². The fourth-order valence-corrected chi connectivity index (χ4v) is 1.81. The SMILES string of the molecule is CC(C)(C)c1cccc(OCCn2ccc(N)n2)c1. The first-order valence-corrected chi connectivity index (χ1v) is 6.47. The zero-order chi connectivity index (χ0) is 13.9. The van der Waals surface area contributed by atoms with Crippen LogP contribution in [-0.4, -0.2) is 16.4 Å². The van der Waals surface area contributed by atoms with Crippen molar-refractivity contribution >= 4 is 5.82 Å². The summed E-state index contributed by atoms with van der Waals surface area (Å²) >= 11 is 0. The molecule has 0 saturated carbocycles. The van der Waals surface area contributed by atoms with Crippen LogP contribution >= 0.6 is 0 Å². The molecular formula is C15H21N3O. The summed E-state index contributed by atoms with van der Waals surface area (Å²) in [7, 11) is 0. The predicted octanol–water partition coefficient (Wildman–Crippen LogP) is 2.84. The number of aromatic nitrogens is 2. The summed E-state index contributed by atoms with van der Waals surface area (Å²) in [5.74, 6) is 1.43. The third-order valence-corrected chi connectivity index (χ3v) is 2.95. The van der Waals surface area contributed by atoms with Gasteiger partial charge in [0.25, 0.3) is 0 Å². The summed E-state index contributed by atoms with van der Waals surface area (Å²) in [6.45, 7) is 7.85. The summed E-state index contributed by atoms with van der Waals surface area (Å²) < 4.78 is 7.53. The van der Waals surface area contributed by atoms with Gasteiger partial charge in [-0.05, 0) is 29.2 Å². The molecule has 4 nitrogen and oxygen atoms in total. The molecule has 4 heteroatoms. The van der Waals surface area contributed by atoms with Gasteiger partial charge in [-0.1, -0.05) is 32.9 Å². The van der Waals surface area contributed by atoms with Crippen LogP contribution in [0.4, 0.5) is 5.82 Å². The summed E-state index contributed by atoms with van der Waals surface area (Å²) in [6.07, 6.45) is 1.85. The largest absolute Gasteiger partial charge is 0.492 e. The number of ether oxygens (including phenoxy) is 1. The fraction of sp³-hybridized carbons (Fsp3) is 0.400. The van der Waals surface area contributed by atoms with E-state index in [-0.39, 0.29) is 5.41 Å². The van der Waals surface area contributed by atoms with Crippen molar-refractivity contribution in [3.05, 3.63) is 42.1 Å². The van der Waals surface area contributed by atoms with E-state index in [4.69, 9.17) is 10.5 Å². The molecule has 0 spiro atoms. The number of nitrogens with two attached hydrogens (primary N) is 1. The Kier molecular flexibility index (Phi) is 3.79. The standard InChI is InChI=1S/C15H21N3O/c1-15(2,3)12-5-4-6-13(11-12)19-10-9-18-8-7-14(16)17-18/h4-8,11H,9-10H2,1-3H3,(H2,16,17). The van der Waals surface area contributed by atoms with Crippen molar-refractivity contribution < 1.29 is 4.74 Å². The zero-order valence-corrected chi connectivity index (χ0v) is 11.8. The predicted molar refractivity (Wildman–Crippen MR) is 77.3 cm³/mol. The van der Waals surface area contributed by atoms with E-state index in [0.717, 1.165) is 5.75 Å². The topological polar surface area (TPSA) is 53.1 Å². The smallest absolute Gasteiger partial charge is 0.145 e. The molecule has 1 aromatic heterocycles. The lowest BCUT2D eigenvalue weighted by Gasteiger charge is -2.19. The minimum atomic E-state index is 0.135. The monoisotopic (exact) mass is 259 g/mol. The van der Waals surface area contributed by atoms with Gasteiger partial charge in [0.05, 0.1) is 6.54 Å². The van der Waals surface area contributed by atoms with Crippen LogP contribution in [0.5, 0.6) is 5.75 Å². The zero-order valence-electron chi connectivity index (χ0n) is 11.8. The van der Waals surface area contributed by atoms with Crippen LogP contribution in [0.15, 0.2) is 36.5 Å². The normalized spacial score (nSPS) is 11.5. The summed E-state index contributed by atoms with van der Waals surface area (Å²) in [6, 6.07) is 10.0. The van der Waals surface area contributed by atoms with E-state index in [1.807, 2.05) is 18.3 Å². The molecule has 0 atom stereocenters. The van der Waals surface area contributed by atoms with Gasteiger partial charge in [0.1, 0.15) is 18.2 Å². The second-order valence-electron chi connectivity index (χ2n) is 5.63. The maximum absolute atomic E-state index is 5.75. The Morgan fingerprint density at radius 2 is 2.05 bits per heavy atom. The number of rotatable bonds is 4. The molecule has 0 amide bonds. The number of nitrogens with zero attached hydrogens (tertiary/aromatic N) is 2. The highest BCUT2D eigenvalue weighted by Gasteiger charge is 2.13. The maximum Gasteiger partial charge on any atom is 0.145 e. The van der Waals surface area contributed by atoms with Crippen molar-refractivity contribution in [1.82, 2.24) is 9.78 Å². The number of hydrogen-bond acceptors (Lipinski definition) is 3. The van der Waals surface area contributed by atoms with Crippen molar-refractivity contribution in [3.63, 3.8) is 0 Å². The Balaban J connectivity index is 1.93. The molecule has 0 fully saturated rings. The van der Waals surface area contributed by atoms with Gasteiger partial charge in [-0.2, -0.15) is 5.10 Å². The third-order valence-electron chi connectivity index (χ3n) is 2.95. The van der Waals surface area contributed by atoms with E-state index in [0.29, 0.717) is 19.0 Å². The van der Waals surface area contributed by atoms with Gasteiger partial charge in [0, 0.05) is 6.20 Å². The Morgan fingerprint density at radius 1 is 1.26 bits per heavy atom. The molecule has 0 aliphatic carbocycles. The minimum Gasteiger partial charge on any atom is -0.492 e. The van der Waals surface area contributed by atoms with Crippen LogP contribution in [0.25, 0.3) is 0 Å². The van der Waals surface area contributed by atoms with Crippen molar-refractivity contribution in [3.8, 4) is 5.75 Å². The van der Waals surface area contributed by atoms with E-state index in [2.05, 4.69) is 38.0 Å². The molecule has 0 aliphatic rings. The number of anilines is 1. The molecule has 1 heterocycles. The first-order chi connectivity index (χ1) is 8.95. The summed E-state index contributed by atoms with van der Waals surface area (Å²) in [5.41, 5.74) is 6.96. The lowest BCUT2D eigenvalue weighted by atomic mass is 9.87. The molecule has 0 aliphatic heterocycles. The molecular weight excluding hydrogens is 238 g/mol. The van der Waals surface area contributed by atoms with Gasteiger partial charge < -0.3 is 10.5 Å². The molecule has 2 rings (SSSR count). The van der Waals surface area contributed by atoms with Crippen LogP contribution in [0.1, 0.15) is 26.3 Å². The van der Waals surface area contributed by atoms with E-state index in [1.165, 1.54) is 5.56 Å².